The molecule has 1 amide bonds. The average molecular weight is 247 g/mol. The molecule has 0 aliphatic carbocycles. The van der Waals surface area contributed by atoms with Crippen molar-refractivity contribution in [2.45, 2.75) is 13.3 Å². The van der Waals surface area contributed by atoms with Crippen molar-refractivity contribution in [1.82, 2.24) is 9.55 Å². The van der Waals surface area contributed by atoms with E-state index in [1.165, 1.54) is 28.1 Å². The van der Waals surface area contributed by atoms with E-state index in [1.54, 1.807) is 24.4 Å². The first-order valence-corrected chi connectivity index (χ1v) is 5.78. The van der Waals surface area contributed by atoms with Gasteiger partial charge in [0.1, 0.15) is 12.1 Å². The first kappa shape index (κ1) is 12.3. The maximum Gasteiger partial charge on any atom is 0.333 e. The molecule has 5 heteroatoms. The van der Waals surface area contributed by atoms with Crippen molar-refractivity contribution in [2.24, 2.45) is 0 Å². The summed E-state index contributed by atoms with van der Waals surface area (Å²) in [6.07, 6.45) is 5.22. The third-order valence-electron chi connectivity index (χ3n) is 2.55. The molecule has 94 valence electrons. The molecule has 4 nitrogen and oxygen atoms in total. The van der Waals surface area contributed by atoms with Crippen molar-refractivity contribution in [2.75, 3.05) is 11.4 Å². The molecular formula is C13H14FN3O. The Balaban J connectivity index is 2.34. The maximum atomic E-state index is 13.7. The van der Waals surface area contributed by atoms with Crippen LogP contribution in [-0.2, 0) is 0 Å². The summed E-state index contributed by atoms with van der Waals surface area (Å²) in [4.78, 5) is 17.5. The van der Waals surface area contributed by atoms with Gasteiger partial charge in [0.2, 0.25) is 0 Å². The van der Waals surface area contributed by atoms with E-state index >= 15 is 0 Å². The second kappa shape index (κ2) is 5.44. The number of hydrogen-bond donors (Lipinski definition) is 0. The predicted molar refractivity (Wildman–Crippen MR) is 67.1 cm³/mol. The second-order valence-electron chi connectivity index (χ2n) is 3.86. The van der Waals surface area contributed by atoms with Gasteiger partial charge in [0.25, 0.3) is 0 Å². The lowest BCUT2D eigenvalue weighted by atomic mass is 10.2. The molecule has 0 bridgehead atoms. The van der Waals surface area contributed by atoms with Gasteiger partial charge in [-0.05, 0) is 18.6 Å². The zero-order valence-electron chi connectivity index (χ0n) is 10.1. The number of rotatable bonds is 3. The zero-order chi connectivity index (χ0) is 13.0. The molecule has 2 aromatic rings. The third kappa shape index (κ3) is 2.40. The summed E-state index contributed by atoms with van der Waals surface area (Å²) in [6.45, 7) is 2.40. The number of benzene rings is 1. The standard InChI is InChI=1S/C13H14FN3O/c1-2-8-17(12-6-4-3-5-11(12)14)13(18)16-9-7-15-10-16/h3-7,9-10H,2,8H2,1H3. The molecule has 2 rings (SSSR count). The first-order chi connectivity index (χ1) is 8.74. The van der Waals surface area contributed by atoms with Gasteiger partial charge in [-0.3, -0.25) is 9.47 Å². The van der Waals surface area contributed by atoms with Crippen LogP contribution in [0.15, 0.2) is 43.0 Å². The quantitative estimate of drug-likeness (QED) is 0.836. The highest BCUT2D eigenvalue weighted by Gasteiger charge is 2.19. The topological polar surface area (TPSA) is 38.1 Å². The van der Waals surface area contributed by atoms with Gasteiger partial charge in [-0.1, -0.05) is 19.1 Å². The minimum absolute atomic E-state index is 0.290. The summed E-state index contributed by atoms with van der Waals surface area (Å²) < 4.78 is 15.1. The fourth-order valence-corrected chi connectivity index (χ4v) is 1.73. The van der Waals surface area contributed by atoms with Crippen LogP contribution < -0.4 is 4.90 Å². The lowest BCUT2D eigenvalue weighted by Crippen LogP contribution is -2.35. The molecule has 0 radical (unpaired) electrons. The van der Waals surface area contributed by atoms with Crippen LogP contribution in [0.5, 0.6) is 0 Å². The molecule has 0 aliphatic heterocycles. The monoisotopic (exact) mass is 247 g/mol. The predicted octanol–water partition coefficient (Wildman–Crippen LogP) is 2.91. The van der Waals surface area contributed by atoms with Crippen LogP contribution in [-0.4, -0.2) is 22.1 Å². The minimum atomic E-state index is -0.403. The normalized spacial score (nSPS) is 10.3. The number of para-hydroxylation sites is 1. The summed E-state index contributed by atoms with van der Waals surface area (Å²) in [6, 6.07) is 5.95. The number of imidazole rings is 1. The van der Waals surface area contributed by atoms with Crippen LogP contribution in [0.4, 0.5) is 14.9 Å². The Morgan fingerprint density at radius 1 is 1.44 bits per heavy atom. The van der Waals surface area contributed by atoms with E-state index in [4.69, 9.17) is 0 Å². The first-order valence-electron chi connectivity index (χ1n) is 5.78. The van der Waals surface area contributed by atoms with Crippen LogP contribution in [0.1, 0.15) is 13.3 Å². The van der Waals surface area contributed by atoms with Gasteiger partial charge in [0.05, 0.1) is 5.69 Å². The van der Waals surface area contributed by atoms with Crippen LogP contribution in [0.2, 0.25) is 0 Å². The molecule has 0 unspecified atom stereocenters. The van der Waals surface area contributed by atoms with E-state index in [2.05, 4.69) is 4.98 Å². The van der Waals surface area contributed by atoms with Gasteiger partial charge in [-0.25, -0.2) is 14.2 Å². The van der Waals surface area contributed by atoms with Gasteiger partial charge < -0.3 is 0 Å². The summed E-state index contributed by atoms with van der Waals surface area (Å²) in [5.74, 6) is -0.403. The maximum absolute atomic E-state index is 13.7. The molecule has 0 N–H and O–H groups in total. The van der Waals surface area contributed by atoms with Crippen molar-refractivity contribution in [1.29, 1.82) is 0 Å². The number of carbonyl (C=O) groups is 1. The van der Waals surface area contributed by atoms with Crippen LogP contribution >= 0.6 is 0 Å². The Labute approximate surface area is 105 Å². The van der Waals surface area contributed by atoms with E-state index in [1.807, 2.05) is 6.92 Å². The summed E-state index contributed by atoms with van der Waals surface area (Å²) in [7, 11) is 0. The molecule has 0 spiro atoms. The number of nitrogens with zero attached hydrogens (tertiary/aromatic N) is 3. The fraction of sp³-hybridized carbons (Fsp3) is 0.231. The zero-order valence-corrected chi connectivity index (χ0v) is 10.1. The molecule has 0 atom stereocenters. The largest absolute Gasteiger partial charge is 0.333 e. The van der Waals surface area contributed by atoms with E-state index in [0.29, 0.717) is 6.54 Å². The Morgan fingerprint density at radius 2 is 2.22 bits per heavy atom. The highest BCUT2D eigenvalue weighted by atomic mass is 19.1. The molecule has 18 heavy (non-hydrogen) atoms. The van der Waals surface area contributed by atoms with Gasteiger partial charge in [0, 0.05) is 18.9 Å². The highest BCUT2D eigenvalue weighted by molar-refractivity contribution is 5.93. The molecule has 1 aromatic carbocycles. The fourth-order valence-electron chi connectivity index (χ4n) is 1.73. The Kier molecular flexibility index (Phi) is 3.72. The average Bonchev–Trinajstić information content (AvgIpc) is 2.90. The molecule has 1 aromatic heterocycles. The number of carbonyl (C=O) groups excluding carboxylic acids is 1. The van der Waals surface area contributed by atoms with Gasteiger partial charge in [-0.2, -0.15) is 0 Å². The molecule has 0 aliphatic rings. The van der Waals surface area contributed by atoms with Gasteiger partial charge >= 0.3 is 6.03 Å². The number of halogens is 1. The van der Waals surface area contributed by atoms with Crippen LogP contribution in [0, 0.1) is 5.82 Å². The number of aromatic nitrogens is 2. The van der Waals surface area contributed by atoms with Crippen molar-refractivity contribution in [3.63, 3.8) is 0 Å². The van der Waals surface area contributed by atoms with Gasteiger partial charge in [0.15, 0.2) is 0 Å². The smallest absolute Gasteiger partial charge is 0.291 e. The van der Waals surface area contributed by atoms with Crippen molar-refractivity contribution in [3.05, 3.63) is 48.8 Å². The summed E-state index contributed by atoms with van der Waals surface area (Å²) in [5, 5.41) is 0. The molecule has 1 heterocycles. The number of anilines is 1. The highest BCUT2D eigenvalue weighted by Crippen LogP contribution is 2.19. The summed E-state index contributed by atoms with van der Waals surface area (Å²) >= 11 is 0. The SMILES string of the molecule is CCCN(C(=O)n1ccnc1)c1ccccc1F. The van der Waals surface area contributed by atoms with Crippen LogP contribution in [0.25, 0.3) is 0 Å². The van der Waals surface area contributed by atoms with Crippen LogP contribution in [0.3, 0.4) is 0 Å². The lowest BCUT2D eigenvalue weighted by Gasteiger charge is -2.22. The summed E-state index contributed by atoms with van der Waals surface area (Å²) in [5.41, 5.74) is 0.290. The van der Waals surface area contributed by atoms with Gasteiger partial charge in [-0.15, -0.1) is 0 Å². The van der Waals surface area contributed by atoms with E-state index in [-0.39, 0.29) is 11.7 Å². The Morgan fingerprint density at radius 3 is 2.83 bits per heavy atom. The molecule has 0 fully saturated rings. The molecule has 0 saturated carbocycles. The van der Waals surface area contributed by atoms with Crippen molar-refractivity contribution >= 4 is 11.7 Å². The van der Waals surface area contributed by atoms with E-state index < -0.39 is 5.82 Å². The van der Waals surface area contributed by atoms with E-state index in [9.17, 15) is 9.18 Å². The van der Waals surface area contributed by atoms with Crippen molar-refractivity contribution < 1.29 is 9.18 Å². The van der Waals surface area contributed by atoms with Crippen molar-refractivity contribution in [3.8, 4) is 0 Å². The molecular weight excluding hydrogens is 233 g/mol. The second-order valence-corrected chi connectivity index (χ2v) is 3.86. The Bertz CT molecular complexity index is 525. The lowest BCUT2D eigenvalue weighted by molar-refractivity contribution is 0.247. The third-order valence-corrected chi connectivity index (χ3v) is 2.55. The van der Waals surface area contributed by atoms with E-state index in [0.717, 1.165) is 6.42 Å². The molecule has 0 saturated heterocycles. The number of amides is 1. The Hall–Kier alpha value is -2.17. The minimum Gasteiger partial charge on any atom is -0.291 e. The number of hydrogen-bond acceptors (Lipinski definition) is 2.